The molecule has 0 saturated carbocycles. The van der Waals surface area contributed by atoms with Gasteiger partial charge < -0.3 is 0 Å². The van der Waals surface area contributed by atoms with Gasteiger partial charge in [0, 0.05) is 0 Å². The van der Waals surface area contributed by atoms with Crippen LogP contribution >= 0.6 is 0 Å². The van der Waals surface area contributed by atoms with Crippen molar-refractivity contribution >= 4 is 10.2 Å². The summed E-state index contributed by atoms with van der Waals surface area (Å²) in [5.41, 5.74) is 0.105. The standard InChI is InChI=1S/C7H6F2O2S/c1-5-3-2-4-6(7(5)8)12(9,10)11/h2-4H,1H3. The van der Waals surface area contributed by atoms with Gasteiger partial charge >= 0.3 is 10.2 Å². The first-order valence-electron chi connectivity index (χ1n) is 3.12. The molecule has 0 heterocycles. The largest absolute Gasteiger partial charge is 0.335 e. The normalized spacial score (nSPS) is 11.6. The van der Waals surface area contributed by atoms with E-state index < -0.39 is 20.9 Å². The third-order valence-corrected chi connectivity index (χ3v) is 2.26. The molecular weight excluding hydrogens is 186 g/mol. The second-order valence-corrected chi connectivity index (χ2v) is 3.64. The highest BCUT2D eigenvalue weighted by atomic mass is 32.3. The minimum absolute atomic E-state index is 0.105. The molecule has 0 radical (unpaired) electrons. The number of benzene rings is 1. The van der Waals surface area contributed by atoms with Gasteiger partial charge in [-0.25, -0.2) is 4.39 Å². The summed E-state index contributed by atoms with van der Waals surface area (Å²) in [4.78, 5) is -0.900. The zero-order chi connectivity index (χ0) is 9.35. The lowest BCUT2D eigenvalue weighted by Gasteiger charge is -1.99. The van der Waals surface area contributed by atoms with Gasteiger partial charge in [0.25, 0.3) is 0 Å². The molecule has 2 nitrogen and oxygen atoms in total. The minimum atomic E-state index is -4.93. The highest BCUT2D eigenvalue weighted by molar-refractivity contribution is 7.86. The molecule has 0 bridgehead atoms. The Morgan fingerprint density at radius 1 is 1.33 bits per heavy atom. The van der Waals surface area contributed by atoms with Crippen LogP contribution in [0.15, 0.2) is 23.1 Å². The van der Waals surface area contributed by atoms with E-state index in [0.717, 1.165) is 6.07 Å². The van der Waals surface area contributed by atoms with Crippen LogP contribution in [0.1, 0.15) is 5.56 Å². The second kappa shape index (κ2) is 2.82. The number of rotatable bonds is 1. The highest BCUT2D eigenvalue weighted by Gasteiger charge is 2.18. The summed E-state index contributed by atoms with van der Waals surface area (Å²) < 4.78 is 45.8. The maximum absolute atomic E-state index is 12.9. The van der Waals surface area contributed by atoms with Crippen LogP contribution in [0.4, 0.5) is 8.28 Å². The summed E-state index contributed by atoms with van der Waals surface area (Å²) in [5.74, 6) is -1.03. The molecule has 0 unspecified atom stereocenters. The molecule has 5 heteroatoms. The van der Waals surface area contributed by atoms with E-state index in [-0.39, 0.29) is 5.56 Å². The Bertz CT molecular complexity index is 398. The van der Waals surface area contributed by atoms with Gasteiger partial charge in [0.05, 0.1) is 0 Å². The summed E-state index contributed by atoms with van der Waals surface area (Å²) in [6.07, 6.45) is 0. The van der Waals surface area contributed by atoms with Crippen LogP contribution < -0.4 is 0 Å². The molecule has 0 aliphatic heterocycles. The van der Waals surface area contributed by atoms with E-state index in [9.17, 15) is 16.7 Å². The van der Waals surface area contributed by atoms with E-state index >= 15 is 0 Å². The van der Waals surface area contributed by atoms with Gasteiger partial charge in [0.15, 0.2) is 0 Å². The molecule has 0 spiro atoms. The summed E-state index contributed by atoms with van der Waals surface area (Å²) in [7, 11) is -4.93. The highest BCUT2D eigenvalue weighted by Crippen LogP contribution is 2.18. The first-order chi connectivity index (χ1) is 5.43. The van der Waals surface area contributed by atoms with Crippen LogP contribution in [0.3, 0.4) is 0 Å². The maximum atomic E-state index is 12.9. The van der Waals surface area contributed by atoms with Gasteiger partial charge in [0.1, 0.15) is 10.7 Å². The molecule has 0 fully saturated rings. The fourth-order valence-corrected chi connectivity index (χ4v) is 1.42. The quantitative estimate of drug-likeness (QED) is 0.636. The van der Waals surface area contributed by atoms with E-state index in [2.05, 4.69) is 0 Å². The Hall–Kier alpha value is -0.970. The predicted octanol–water partition coefficient (Wildman–Crippen LogP) is 1.79. The van der Waals surface area contributed by atoms with E-state index in [4.69, 9.17) is 0 Å². The smallest absolute Gasteiger partial charge is 0.205 e. The predicted molar refractivity (Wildman–Crippen MR) is 39.4 cm³/mol. The average Bonchev–Trinajstić information content (AvgIpc) is 1.92. The zero-order valence-corrected chi connectivity index (χ0v) is 7.03. The van der Waals surface area contributed by atoms with Gasteiger partial charge in [-0.05, 0) is 18.6 Å². The van der Waals surface area contributed by atoms with Gasteiger partial charge in [-0.3, -0.25) is 0 Å². The van der Waals surface area contributed by atoms with Crippen LogP contribution in [-0.4, -0.2) is 8.42 Å². The van der Waals surface area contributed by atoms with E-state index in [1.807, 2.05) is 0 Å². The number of halogens is 2. The molecule has 0 aliphatic rings. The zero-order valence-electron chi connectivity index (χ0n) is 6.21. The third kappa shape index (κ3) is 1.61. The summed E-state index contributed by atoms with van der Waals surface area (Å²) in [6, 6.07) is 3.53. The average molecular weight is 192 g/mol. The fraction of sp³-hybridized carbons (Fsp3) is 0.143. The molecule has 1 aromatic rings. The molecule has 0 aliphatic carbocycles. The Morgan fingerprint density at radius 3 is 2.33 bits per heavy atom. The van der Waals surface area contributed by atoms with E-state index in [0.29, 0.717) is 0 Å². The molecule has 12 heavy (non-hydrogen) atoms. The van der Waals surface area contributed by atoms with E-state index in [1.165, 1.54) is 19.1 Å². The topological polar surface area (TPSA) is 34.1 Å². The number of hydrogen-bond acceptors (Lipinski definition) is 2. The molecule has 0 aromatic heterocycles. The van der Waals surface area contributed by atoms with Crippen molar-refractivity contribution < 1.29 is 16.7 Å². The van der Waals surface area contributed by atoms with Crippen molar-refractivity contribution in [3.05, 3.63) is 29.6 Å². The molecule has 1 rings (SSSR count). The van der Waals surface area contributed by atoms with Crippen LogP contribution in [0.2, 0.25) is 0 Å². The van der Waals surface area contributed by atoms with Crippen molar-refractivity contribution in [3.8, 4) is 0 Å². The van der Waals surface area contributed by atoms with E-state index in [1.54, 1.807) is 0 Å². The lowest BCUT2D eigenvalue weighted by Crippen LogP contribution is -1.97. The van der Waals surface area contributed by atoms with Crippen molar-refractivity contribution in [1.29, 1.82) is 0 Å². The first-order valence-corrected chi connectivity index (χ1v) is 4.51. The summed E-state index contributed by atoms with van der Waals surface area (Å²) >= 11 is 0. The van der Waals surface area contributed by atoms with Gasteiger partial charge in [0.2, 0.25) is 0 Å². The Kier molecular flexibility index (Phi) is 2.14. The van der Waals surface area contributed by atoms with Gasteiger partial charge in [-0.15, -0.1) is 3.89 Å². The molecule has 0 N–H and O–H groups in total. The van der Waals surface area contributed by atoms with Crippen LogP contribution in [-0.2, 0) is 10.2 Å². The summed E-state index contributed by atoms with van der Waals surface area (Å²) in [6.45, 7) is 1.37. The molecular formula is C7H6F2O2S. The van der Waals surface area contributed by atoms with Crippen molar-refractivity contribution in [2.75, 3.05) is 0 Å². The van der Waals surface area contributed by atoms with Crippen LogP contribution in [0.5, 0.6) is 0 Å². The Morgan fingerprint density at radius 2 is 1.92 bits per heavy atom. The van der Waals surface area contributed by atoms with Crippen molar-refractivity contribution in [1.82, 2.24) is 0 Å². The maximum Gasteiger partial charge on any atom is 0.335 e. The summed E-state index contributed by atoms with van der Waals surface area (Å²) in [5, 5.41) is 0. The van der Waals surface area contributed by atoms with Gasteiger partial charge in [-0.1, -0.05) is 12.1 Å². The van der Waals surface area contributed by atoms with Crippen LogP contribution in [0, 0.1) is 12.7 Å². The number of aryl methyl sites for hydroxylation is 1. The fourth-order valence-electron chi connectivity index (χ4n) is 0.809. The molecule has 0 amide bonds. The lowest BCUT2D eigenvalue weighted by molar-refractivity contribution is 0.531. The van der Waals surface area contributed by atoms with Crippen molar-refractivity contribution in [2.45, 2.75) is 11.8 Å². The molecule has 0 atom stereocenters. The number of hydrogen-bond donors (Lipinski definition) is 0. The first kappa shape index (κ1) is 9.12. The SMILES string of the molecule is Cc1cccc(S(=O)(=O)F)c1F. The Labute approximate surface area is 69.0 Å². The molecule has 66 valence electrons. The second-order valence-electron chi connectivity index (χ2n) is 2.32. The monoisotopic (exact) mass is 192 g/mol. The minimum Gasteiger partial charge on any atom is -0.205 e. The van der Waals surface area contributed by atoms with Gasteiger partial charge in [-0.2, -0.15) is 8.42 Å². The van der Waals surface area contributed by atoms with Crippen molar-refractivity contribution in [2.24, 2.45) is 0 Å². The lowest BCUT2D eigenvalue weighted by atomic mass is 10.2. The van der Waals surface area contributed by atoms with Crippen molar-refractivity contribution in [3.63, 3.8) is 0 Å². The Balaban J connectivity index is 3.47. The molecule has 1 aromatic carbocycles. The van der Waals surface area contributed by atoms with Crippen LogP contribution in [0.25, 0.3) is 0 Å². The molecule has 0 saturated heterocycles. The third-order valence-electron chi connectivity index (χ3n) is 1.42.